The molecule has 4 rings (SSSR count). The Balaban J connectivity index is 1.70. The second-order valence-electron chi connectivity index (χ2n) is 5.87. The van der Waals surface area contributed by atoms with Crippen molar-refractivity contribution in [2.45, 2.75) is 13.3 Å². The van der Waals surface area contributed by atoms with Gasteiger partial charge in [0.2, 0.25) is 6.35 Å². The van der Waals surface area contributed by atoms with Crippen LogP contribution in [0.1, 0.15) is 12.5 Å². The third kappa shape index (κ3) is 3.43. The zero-order valence-electron chi connectivity index (χ0n) is 14.6. The van der Waals surface area contributed by atoms with Gasteiger partial charge >= 0.3 is 0 Å². The Hall–Kier alpha value is -2.77. The Bertz CT molecular complexity index is 972. The van der Waals surface area contributed by atoms with Crippen LogP contribution in [0.2, 0.25) is 0 Å². The first-order valence-electron chi connectivity index (χ1n) is 8.50. The molecule has 0 amide bonds. The lowest BCUT2D eigenvalue weighted by Gasteiger charge is -2.21. The van der Waals surface area contributed by atoms with Gasteiger partial charge in [0.15, 0.2) is 12.2 Å². The van der Waals surface area contributed by atoms with E-state index in [2.05, 4.69) is 20.9 Å². The van der Waals surface area contributed by atoms with E-state index in [0.717, 1.165) is 21.3 Å². The maximum atomic E-state index is 6.21. The number of nitrogens with zero attached hydrogens (tertiary/aromatic N) is 2. The molecular weight excluding hydrogens is 410 g/mol. The van der Waals surface area contributed by atoms with E-state index < -0.39 is 6.35 Å². The van der Waals surface area contributed by atoms with Gasteiger partial charge in [-0.3, -0.25) is 10.6 Å². The lowest BCUT2D eigenvalue weighted by molar-refractivity contribution is 0.199. The van der Waals surface area contributed by atoms with E-state index in [1.807, 2.05) is 60.5 Å². The second-order valence-corrected chi connectivity index (χ2v) is 6.72. The largest absolute Gasteiger partial charge is 0.493 e. The van der Waals surface area contributed by atoms with E-state index in [9.17, 15) is 0 Å². The summed E-state index contributed by atoms with van der Waals surface area (Å²) in [6, 6.07) is 13.7. The van der Waals surface area contributed by atoms with Crippen LogP contribution in [0.4, 0.5) is 5.69 Å². The molecule has 0 spiro atoms. The molecule has 0 fully saturated rings. The van der Waals surface area contributed by atoms with Crippen LogP contribution in [0.5, 0.6) is 5.75 Å². The predicted molar refractivity (Wildman–Crippen MR) is 107 cm³/mol. The van der Waals surface area contributed by atoms with Crippen LogP contribution in [0.3, 0.4) is 0 Å². The van der Waals surface area contributed by atoms with Gasteiger partial charge in [-0.2, -0.15) is 0 Å². The number of anilines is 1. The zero-order chi connectivity index (χ0) is 18.8. The SMILES string of the molecule is CCOc1cc(N2C=C(c3ccccc3Br)OC2N)ccc1-c1cnco1. The Morgan fingerprint density at radius 2 is 2.07 bits per heavy atom. The molecule has 0 aliphatic carbocycles. The van der Waals surface area contributed by atoms with Crippen LogP contribution in [0, 0.1) is 0 Å². The first-order chi connectivity index (χ1) is 13.2. The minimum Gasteiger partial charge on any atom is -0.493 e. The van der Waals surface area contributed by atoms with Crippen molar-refractivity contribution in [3.63, 3.8) is 0 Å². The third-order valence-corrected chi connectivity index (χ3v) is 4.87. The number of benzene rings is 2. The number of halogens is 1. The molecule has 6 nitrogen and oxygen atoms in total. The molecule has 0 bridgehead atoms. The van der Waals surface area contributed by atoms with Crippen LogP contribution in [0.15, 0.2) is 70.1 Å². The van der Waals surface area contributed by atoms with Crippen molar-refractivity contribution in [3.05, 3.63) is 71.3 Å². The molecule has 2 heterocycles. The number of aromatic nitrogens is 1. The fourth-order valence-electron chi connectivity index (χ4n) is 2.93. The Morgan fingerprint density at radius 1 is 1.22 bits per heavy atom. The fourth-order valence-corrected chi connectivity index (χ4v) is 3.41. The van der Waals surface area contributed by atoms with E-state index in [4.69, 9.17) is 19.6 Å². The highest BCUT2D eigenvalue weighted by Crippen LogP contribution is 2.37. The van der Waals surface area contributed by atoms with Gasteiger partial charge in [0.05, 0.1) is 24.6 Å². The molecule has 2 N–H and O–H groups in total. The summed E-state index contributed by atoms with van der Waals surface area (Å²) in [5.74, 6) is 2.05. The molecule has 0 saturated heterocycles. The molecule has 1 unspecified atom stereocenters. The Morgan fingerprint density at radius 3 is 2.81 bits per heavy atom. The molecule has 0 saturated carbocycles. The van der Waals surface area contributed by atoms with Crippen LogP contribution < -0.4 is 15.4 Å². The van der Waals surface area contributed by atoms with Crippen molar-refractivity contribution in [1.82, 2.24) is 4.98 Å². The monoisotopic (exact) mass is 427 g/mol. The number of hydrogen-bond donors (Lipinski definition) is 1. The van der Waals surface area contributed by atoms with E-state index in [0.29, 0.717) is 23.9 Å². The van der Waals surface area contributed by atoms with Gasteiger partial charge in [0, 0.05) is 21.8 Å². The van der Waals surface area contributed by atoms with E-state index in [1.165, 1.54) is 6.39 Å². The smallest absolute Gasteiger partial charge is 0.231 e. The van der Waals surface area contributed by atoms with Crippen LogP contribution in [0.25, 0.3) is 17.1 Å². The summed E-state index contributed by atoms with van der Waals surface area (Å²) < 4.78 is 18.0. The normalized spacial score (nSPS) is 16.2. The highest BCUT2D eigenvalue weighted by Gasteiger charge is 2.26. The van der Waals surface area contributed by atoms with E-state index in [-0.39, 0.29) is 0 Å². The lowest BCUT2D eigenvalue weighted by atomic mass is 10.1. The van der Waals surface area contributed by atoms with Gasteiger partial charge < -0.3 is 13.9 Å². The maximum Gasteiger partial charge on any atom is 0.231 e. The minimum atomic E-state index is -0.627. The molecule has 27 heavy (non-hydrogen) atoms. The Labute approximate surface area is 165 Å². The van der Waals surface area contributed by atoms with Gasteiger partial charge in [-0.15, -0.1) is 0 Å². The molecule has 3 aromatic rings. The summed E-state index contributed by atoms with van der Waals surface area (Å²) in [7, 11) is 0. The standard InChI is InChI=1S/C20H18BrN3O3/c1-2-25-17-9-13(7-8-15(17)18-10-23-12-26-18)24-11-19(27-20(24)22)14-5-3-4-6-16(14)21/h3-12,20H,2,22H2,1H3. The lowest BCUT2D eigenvalue weighted by Crippen LogP contribution is -2.36. The third-order valence-electron chi connectivity index (χ3n) is 4.18. The summed E-state index contributed by atoms with van der Waals surface area (Å²) in [5.41, 5.74) is 8.85. The van der Waals surface area contributed by atoms with Crippen molar-refractivity contribution in [2.75, 3.05) is 11.5 Å². The van der Waals surface area contributed by atoms with Crippen LogP contribution >= 0.6 is 15.9 Å². The van der Waals surface area contributed by atoms with Crippen molar-refractivity contribution in [1.29, 1.82) is 0 Å². The van der Waals surface area contributed by atoms with Gasteiger partial charge in [-0.25, -0.2) is 4.98 Å². The summed E-state index contributed by atoms with van der Waals surface area (Å²) >= 11 is 3.55. The van der Waals surface area contributed by atoms with Crippen molar-refractivity contribution >= 4 is 27.4 Å². The summed E-state index contributed by atoms with van der Waals surface area (Å²) in [5, 5.41) is 0. The Kier molecular flexibility index (Phi) is 4.87. The van der Waals surface area contributed by atoms with Crippen molar-refractivity contribution in [3.8, 4) is 17.1 Å². The first-order valence-corrected chi connectivity index (χ1v) is 9.29. The second kappa shape index (κ2) is 7.46. The number of nitrogens with two attached hydrogens (primary N) is 1. The molecule has 0 radical (unpaired) electrons. The average Bonchev–Trinajstić information content (AvgIpc) is 3.32. The quantitative estimate of drug-likeness (QED) is 0.642. The van der Waals surface area contributed by atoms with Gasteiger partial charge in [0.1, 0.15) is 11.5 Å². The zero-order valence-corrected chi connectivity index (χ0v) is 16.2. The van der Waals surface area contributed by atoms with Crippen LogP contribution in [-0.4, -0.2) is 17.9 Å². The summed E-state index contributed by atoms with van der Waals surface area (Å²) in [6.07, 6.45) is 4.32. The predicted octanol–water partition coefficient (Wildman–Crippen LogP) is 4.58. The van der Waals surface area contributed by atoms with E-state index in [1.54, 1.807) is 6.20 Å². The number of rotatable bonds is 5. The van der Waals surface area contributed by atoms with Crippen LogP contribution in [-0.2, 0) is 4.74 Å². The fraction of sp³-hybridized carbons (Fsp3) is 0.150. The molecular formula is C20H18BrN3O3. The molecule has 2 aromatic carbocycles. The summed E-state index contributed by atoms with van der Waals surface area (Å²) in [6.45, 7) is 2.47. The molecule has 138 valence electrons. The molecule has 7 heteroatoms. The highest BCUT2D eigenvalue weighted by atomic mass is 79.9. The van der Waals surface area contributed by atoms with Gasteiger partial charge in [-0.05, 0) is 25.1 Å². The maximum absolute atomic E-state index is 6.21. The first kappa shape index (κ1) is 17.6. The topological polar surface area (TPSA) is 73.8 Å². The van der Waals surface area contributed by atoms with Crippen molar-refractivity contribution in [2.24, 2.45) is 5.73 Å². The number of hydrogen-bond acceptors (Lipinski definition) is 6. The molecule has 1 aliphatic rings. The highest BCUT2D eigenvalue weighted by molar-refractivity contribution is 9.10. The van der Waals surface area contributed by atoms with Gasteiger partial charge in [0.25, 0.3) is 0 Å². The van der Waals surface area contributed by atoms with Gasteiger partial charge in [-0.1, -0.05) is 34.1 Å². The van der Waals surface area contributed by atoms with Crippen molar-refractivity contribution < 1.29 is 13.9 Å². The molecule has 1 aliphatic heterocycles. The molecule has 1 aromatic heterocycles. The number of oxazole rings is 1. The number of ether oxygens (including phenoxy) is 2. The van der Waals surface area contributed by atoms with E-state index >= 15 is 0 Å². The minimum absolute atomic E-state index is 0.533. The summed E-state index contributed by atoms with van der Waals surface area (Å²) in [4.78, 5) is 5.84. The molecule has 1 atom stereocenters. The average molecular weight is 428 g/mol.